The zero-order valence-electron chi connectivity index (χ0n) is 42.7. The number of ether oxygens (including phenoxy) is 1. The van der Waals surface area contributed by atoms with Crippen LogP contribution in [0.2, 0.25) is 0 Å². The maximum absolute atomic E-state index is 13.9. The van der Waals surface area contributed by atoms with Gasteiger partial charge in [-0.2, -0.15) is 0 Å². The van der Waals surface area contributed by atoms with Gasteiger partial charge in [-0.25, -0.2) is 0 Å². The largest absolute Gasteiger partial charge is 0.480 e. The van der Waals surface area contributed by atoms with E-state index in [1.165, 1.54) is 0 Å². The van der Waals surface area contributed by atoms with E-state index < -0.39 is 72.2 Å². The maximum Gasteiger partial charge on any atom is 0.320 e. The van der Waals surface area contributed by atoms with Crippen molar-refractivity contribution in [2.75, 3.05) is 110 Å². The molecule has 10 N–H and O–H groups in total. The third kappa shape index (κ3) is 24.9. The molecule has 0 saturated carbocycles. The first kappa shape index (κ1) is 62.3. The van der Waals surface area contributed by atoms with Crippen LogP contribution < -0.4 is 27.0 Å². The van der Waals surface area contributed by atoms with Crippen LogP contribution >= 0.6 is 15.9 Å². The highest BCUT2D eigenvalue weighted by molar-refractivity contribution is 9.10. The summed E-state index contributed by atoms with van der Waals surface area (Å²) < 4.78 is 6.91. The average molecular weight is 1070 g/mol. The molecule has 402 valence electrons. The predicted molar refractivity (Wildman–Crippen MR) is 270 cm³/mol. The number of hydrogen-bond donors (Lipinski definition) is 9. The van der Waals surface area contributed by atoms with Crippen molar-refractivity contribution in [1.29, 1.82) is 0 Å². The molecule has 0 aromatic heterocycles. The van der Waals surface area contributed by atoms with Crippen molar-refractivity contribution in [3.8, 4) is 0 Å². The molecule has 1 aromatic carbocycles. The second-order valence-electron chi connectivity index (χ2n) is 20.0. The van der Waals surface area contributed by atoms with Gasteiger partial charge in [0.1, 0.15) is 12.1 Å². The van der Waals surface area contributed by atoms with E-state index in [-0.39, 0.29) is 109 Å². The number of unbranched alkanes of at least 4 members (excludes halogenated alkanes) is 1. The lowest BCUT2D eigenvalue weighted by Gasteiger charge is -2.35. The van der Waals surface area contributed by atoms with Gasteiger partial charge < -0.3 is 52.2 Å². The lowest BCUT2D eigenvalue weighted by atomic mass is 9.92. The SMILES string of the molecule is Cc1cc(C)c(NC(=O)CCC(NC(=O)CCC(C(=O)O)N2CCN(CC(=O)O)CCN(CC(=O)O)CCN(CC(=O)O)CC2)C(=O)NCC(C)(C)COCC(C)(C)CNC(=O)CCCCN)c(C)c1Br. The fraction of sp³-hybridized carbons (Fsp3) is 0.708. The third-order valence-electron chi connectivity index (χ3n) is 12.1. The number of halogens is 1. The molecule has 22 nitrogen and oxygen atoms in total. The van der Waals surface area contributed by atoms with Crippen LogP contribution in [0.25, 0.3) is 0 Å². The highest BCUT2D eigenvalue weighted by Gasteiger charge is 2.31. The molecule has 71 heavy (non-hydrogen) atoms. The second kappa shape index (κ2) is 31.0. The standard InChI is InChI=1S/C48H80BrN9O13/c1-32-24-33(2)44(34(3)43(32)49)54-39(61)13-11-35(45(68)52-29-48(6,7)31-71-30-47(4,5)28-51-37(59)10-8-9-15-50)53-38(60)14-12-36(46(69)70)58-22-20-56(26-41(64)65)18-16-55(25-40(62)63)17-19-57(21-23-58)27-42(66)67/h24,35-36H,8-23,25-31,50H2,1-7H3,(H,51,59)(H,52,68)(H,53,60)(H,54,61)(H,62,63)(H,64,65)(H,66,67)(H,69,70). The lowest BCUT2D eigenvalue weighted by molar-refractivity contribution is -0.145. The first-order valence-electron chi connectivity index (χ1n) is 24.2. The van der Waals surface area contributed by atoms with Gasteiger partial charge in [-0.15, -0.1) is 0 Å². The van der Waals surface area contributed by atoms with E-state index in [1.807, 2.05) is 54.5 Å². The van der Waals surface area contributed by atoms with Crippen LogP contribution in [0.1, 0.15) is 89.3 Å². The minimum Gasteiger partial charge on any atom is -0.480 e. The molecule has 0 spiro atoms. The van der Waals surface area contributed by atoms with Gasteiger partial charge in [0.05, 0.1) is 32.8 Å². The Morgan fingerprint density at radius 2 is 1.14 bits per heavy atom. The van der Waals surface area contributed by atoms with Crippen molar-refractivity contribution < 1.29 is 63.5 Å². The predicted octanol–water partition coefficient (Wildman–Crippen LogP) is 1.72. The smallest absolute Gasteiger partial charge is 0.320 e. The molecule has 0 aliphatic carbocycles. The Labute approximate surface area is 426 Å². The first-order valence-corrected chi connectivity index (χ1v) is 25.0. The van der Waals surface area contributed by atoms with E-state index in [2.05, 4.69) is 37.2 Å². The van der Waals surface area contributed by atoms with Gasteiger partial charge in [0.15, 0.2) is 0 Å². The molecule has 0 bridgehead atoms. The molecule has 1 fully saturated rings. The lowest BCUT2D eigenvalue weighted by Crippen LogP contribution is -2.52. The van der Waals surface area contributed by atoms with Crippen LogP contribution in [-0.2, 0) is 43.1 Å². The van der Waals surface area contributed by atoms with Crippen LogP contribution in [0.15, 0.2) is 10.5 Å². The van der Waals surface area contributed by atoms with Gasteiger partial charge in [-0.3, -0.25) is 58.0 Å². The number of carboxylic acid groups (broad SMARTS) is 4. The fourth-order valence-electron chi connectivity index (χ4n) is 8.02. The van der Waals surface area contributed by atoms with Gasteiger partial charge in [-0.1, -0.05) is 49.7 Å². The fourth-order valence-corrected chi connectivity index (χ4v) is 8.33. The summed E-state index contributed by atoms with van der Waals surface area (Å²) in [4.78, 5) is 108. The van der Waals surface area contributed by atoms with Crippen molar-refractivity contribution in [2.24, 2.45) is 16.6 Å². The highest BCUT2D eigenvalue weighted by atomic mass is 79.9. The molecule has 2 atom stereocenters. The molecule has 1 aliphatic rings. The summed E-state index contributed by atoms with van der Waals surface area (Å²) in [5, 5.41) is 50.8. The number of nitrogens with one attached hydrogen (secondary N) is 4. The second-order valence-corrected chi connectivity index (χ2v) is 20.8. The Morgan fingerprint density at radius 1 is 0.662 bits per heavy atom. The molecule has 4 amide bonds. The first-order chi connectivity index (χ1) is 33.2. The van der Waals surface area contributed by atoms with Crippen molar-refractivity contribution >= 4 is 69.1 Å². The molecule has 1 saturated heterocycles. The Kier molecular flexibility index (Phi) is 27.2. The molecule has 2 rings (SSSR count). The number of nitrogens with zero attached hydrogens (tertiary/aromatic N) is 4. The molecular weight excluding hydrogens is 990 g/mol. The maximum atomic E-state index is 13.9. The average Bonchev–Trinajstić information content (AvgIpc) is 3.27. The molecule has 2 unspecified atom stereocenters. The number of amides is 4. The topological polar surface area (TPSA) is 314 Å². The summed E-state index contributed by atoms with van der Waals surface area (Å²) in [6.45, 7) is 14.6. The van der Waals surface area contributed by atoms with Crippen LogP contribution in [0, 0.1) is 31.6 Å². The zero-order valence-corrected chi connectivity index (χ0v) is 44.3. The number of hydrogen-bond acceptors (Lipinski definition) is 14. The summed E-state index contributed by atoms with van der Waals surface area (Å²) in [6.07, 6.45) is 1.02. The van der Waals surface area contributed by atoms with Gasteiger partial charge in [0.2, 0.25) is 23.6 Å². The van der Waals surface area contributed by atoms with Crippen LogP contribution in [0.3, 0.4) is 0 Å². The van der Waals surface area contributed by atoms with Crippen LogP contribution in [0.4, 0.5) is 5.69 Å². The quantitative estimate of drug-likeness (QED) is 0.0516. The normalized spacial score (nSPS) is 15.9. The van der Waals surface area contributed by atoms with Gasteiger partial charge in [0, 0.05) is 106 Å². The number of nitrogens with two attached hydrogens (primary N) is 1. The van der Waals surface area contributed by atoms with Gasteiger partial charge in [-0.05, 0) is 69.7 Å². The van der Waals surface area contributed by atoms with Crippen molar-refractivity contribution in [1.82, 2.24) is 35.6 Å². The van der Waals surface area contributed by atoms with Crippen molar-refractivity contribution in [3.05, 3.63) is 27.2 Å². The Balaban J connectivity index is 2.27. The summed E-state index contributed by atoms with van der Waals surface area (Å²) in [5.74, 6) is -6.33. The summed E-state index contributed by atoms with van der Waals surface area (Å²) in [7, 11) is 0. The zero-order chi connectivity index (χ0) is 53.5. The van der Waals surface area contributed by atoms with Crippen LogP contribution in [0.5, 0.6) is 0 Å². The van der Waals surface area contributed by atoms with Gasteiger partial charge in [0.25, 0.3) is 0 Å². The Bertz CT molecular complexity index is 1940. The molecule has 1 aliphatic heterocycles. The molecule has 23 heteroatoms. The molecule has 1 heterocycles. The third-order valence-corrected chi connectivity index (χ3v) is 13.3. The number of aliphatic carboxylic acids is 4. The van der Waals surface area contributed by atoms with Gasteiger partial charge >= 0.3 is 23.9 Å². The van der Waals surface area contributed by atoms with Crippen molar-refractivity contribution in [3.63, 3.8) is 0 Å². The van der Waals surface area contributed by atoms with E-state index in [0.29, 0.717) is 38.2 Å². The molecule has 1 aromatic rings. The van der Waals surface area contributed by atoms with E-state index in [9.17, 15) is 58.8 Å². The number of carbonyl (C=O) groups is 8. The number of carbonyl (C=O) groups excluding carboxylic acids is 4. The molecule has 0 radical (unpaired) electrons. The number of carboxylic acids is 4. The summed E-state index contributed by atoms with van der Waals surface area (Å²) in [5.41, 5.74) is 7.83. The number of anilines is 1. The number of benzene rings is 1. The highest BCUT2D eigenvalue weighted by Crippen LogP contribution is 2.31. The molecular formula is C48H80BrN9O13. The van der Waals surface area contributed by atoms with Crippen molar-refractivity contribution in [2.45, 2.75) is 105 Å². The Hall–Kier alpha value is -4.78. The number of rotatable bonds is 29. The summed E-state index contributed by atoms with van der Waals surface area (Å²) >= 11 is 3.57. The van der Waals surface area contributed by atoms with E-state index >= 15 is 0 Å². The van der Waals surface area contributed by atoms with E-state index in [1.54, 1.807) is 19.6 Å². The monoisotopic (exact) mass is 1070 g/mol. The van der Waals surface area contributed by atoms with E-state index in [4.69, 9.17) is 10.5 Å². The minimum atomic E-state index is -1.28. The minimum absolute atomic E-state index is 0.0194. The Morgan fingerprint density at radius 3 is 1.62 bits per heavy atom. The summed E-state index contributed by atoms with van der Waals surface area (Å²) in [6, 6.07) is -0.561. The van der Waals surface area contributed by atoms with E-state index in [0.717, 1.165) is 27.6 Å². The van der Waals surface area contributed by atoms with Crippen LogP contribution in [-0.4, -0.2) is 204 Å². The number of aryl methyl sites for hydroxylation is 2.